The Labute approximate surface area is 135 Å². The Balaban J connectivity index is 1.87. The van der Waals surface area contributed by atoms with Crippen LogP contribution in [-0.4, -0.2) is 57.8 Å². The van der Waals surface area contributed by atoms with Gasteiger partial charge in [-0.3, -0.25) is 15.1 Å². The summed E-state index contributed by atoms with van der Waals surface area (Å²) in [6.07, 6.45) is 4.86. The zero-order valence-electron chi connectivity index (χ0n) is 13.4. The summed E-state index contributed by atoms with van der Waals surface area (Å²) in [5.41, 5.74) is 3.01. The number of H-pyrrole nitrogens is 1. The zero-order valence-corrected chi connectivity index (χ0v) is 14.2. The lowest BCUT2D eigenvalue weighted by atomic mass is 10.1. The van der Waals surface area contributed by atoms with Gasteiger partial charge in [-0.1, -0.05) is 0 Å². The number of hydrogen-bond acceptors (Lipinski definition) is 5. The van der Waals surface area contributed by atoms with Gasteiger partial charge in [-0.15, -0.1) is 0 Å². The van der Waals surface area contributed by atoms with Crippen LogP contribution in [0, 0.1) is 6.92 Å². The number of aromatic nitrogens is 4. The number of aromatic amines is 1. The number of rotatable bonds is 4. The molecule has 23 heavy (non-hydrogen) atoms. The first-order chi connectivity index (χ1) is 10.9. The molecule has 9 heteroatoms. The fourth-order valence-corrected chi connectivity index (χ4v) is 4.03. The van der Waals surface area contributed by atoms with Crippen molar-refractivity contribution in [1.29, 1.82) is 0 Å². The highest BCUT2D eigenvalue weighted by Gasteiger charge is 2.37. The van der Waals surface area contributed by atoms with E-state index in [1.165, 1.54) is 8.61 Å². The van der Waals surface area contributed by atoms with Crippen LogP contribution in [0.5, 0.6) is 0 Å². The molecule has 1 atom stereocenters. The summed E-state index contributed by atoms with van der Waals surface area (Å²) in [5, 5.41) is 7.02. The van der Waals surface area contributed by atoms with Gasteiger partial charge in [0.25, 0.3) is 10.2 Å². The molecule has 0 saturated carbocycles. The van der Waals surface area contributed by atoms with Crippen LogP contribution in [0.4, 0.5) is 0 Å². The van der Waals surface area contributed by atoms with E-state index in [-0.39, 0.29) is 6.04 Å². The Morgan fingerprint density at radius 3 is 2.61 bits per heavy atom. The predicted molar refractivity (Wildman–Crippen MR) is 85.6 cm³/mol. The van der Waals surface area contributed by atoms with E-state index in [1.807, 2.05) is 13.0 Å². The molecule has 0 spiro atoms. The molecule has 3 rings (SSSR count). The number of nitrogens with zero attached hydrogens (tertiary/aromatic N) is 5. The topological polar surface area (TPSA) is 95.1 Å². The highest BCUT2D eigenvalue weighted by Crippen LogP contribution is 2.33. The van der Waals surface area contributed by atoms with Gasteiger partial charge in [-0.2, -0.15) is 22.1 Å². The molecule has 1 saturated heterocycles. The SMILES string of the molecule is Cc1cc(-c2cnc([C@@H]3CCCN3S(=O)(=O)N(C)C)cn2)n[nH]1. The van der Waals surface area contributed by atoms with Crippen LogP contribution in [0.15, 0.2) is 18.5 Å². The molecule has 0 aliphatic carbocycles. The number of nitrogens with one attached hydrogen (secondary N) is 1. The minimum atomic E-state index is -3.45. The summed E-state index contributed by atoms with van der Waals surface area (Å²) in [5.74, 6) is 0. The lowest BCUT2D eigenvalue weighted by molar-refractivity contribution is 0.357. The maximum atomic E-state index is 12.4. The van der Waals surface area contributed by atoms with Crippen molar-refractivity contribution < 1.29 is 8.42 Å². The first-order valence-electron chi connectivity index (χ1n) is 7.43. The van der Waals surface area contributed by atoms with Gasteiger partial charge in [0.1, 0.15) is 11.4 Å². The molecule has 8 nitrogen and oxygen atoms in total. The summed E-state index contributed by atoms with van der Waals surface area (Å²) in [7, 11) is -0.369. The van der Waals surface area contributed by atoms with Crippen LogP contribution in [-0.2, 0) is 10.2 Å². The van der Waals surface area contributed by atoms with Gasteiger partial charge in [0, 0.05) is 26.3 Å². The van der Waals surface area contributed by atoms with Crippen molar-refractivity contribution in [3.05, 3.63) is 29.8 Å². The second kappa shape index (κ2) is 5.99. The maximum absolute atomic E-state index is 12.4. The first kappa shape index (κ1) is 16.0. The molecule has 1 fully saturated rings. The molecular formula is C14H20N6O2S. The number of hydrogen-bond donors (Lipinski definition) is 1. The fourth-order valence-electron chi connectivity index (χ4n) is 2.71. The van der Waals surface area contributed by atoms with Crippen LogP contribution < -0.4 is 0 Å². The molecule has 124 valence electrons. The summed E-state index contributed by atoms with van der Waals surface area (Å²) in [6, 6.07) is 1.63. The maximum Gasteiger partial charge on any atom is 0.282 e. The molecule has 0 radical (unpaired) electrons. The Morgan fingerprint density at radius 2 is 2.04 bits per heavy atom. The summed E-state index contributed by atoms with van der Waals surface area (Å²) in [6.45, 7) is 2.42. The van der Waals surface area contributed by atoms with E-state index in [0.717, 1.165) is 24.2 Å². The molecule has 3 heterocycles. The van der Waals surface area contributed by atoms with E-state index in [0.29, 0.717) is 17.9 Å². The second-order valence-corrected chi connectivity index (χ2v) is 7.92. The van der Waals surface area contributed by atoms with Gasteiger partial charge in [0.05, 0.1) is 24.1 Å². The molecule has 1 aliphatic rings. The Bertz CT molecular complexity index is 784. The van der Waals surface area contributed by atoms with Crippen molar-refractivity contribution in [3.8, 4) is 11.4 Å². The van der Waals surface area contributed by atoms with Crippen molar-refractivity contribution in [3.63, 3.8) is 0 Å². The van der Waals surface area contributed by atoms with Crippen LogP contribution in [0.3, 0.4) is 0 Å². The lowest BCUT2D eigenvalue weighted by Crippen LogP contribution is -2.39. The highest BCUT2D eigenvalue weighted by molar-refractivity contribution is 7.86. The molecular weight excluding hydrogens is 316 g/mol. The molecule has 2 aromatic heterocycles. The Hall–Kier alpha value is -1.84. The monoisotopic (exact) mass is 336 g/mol. The van der Waals surface area contributed by atoms with E-state index in [1.54, 1.807) is 26.5 Å². The van der Waals surface area contributed by atoms with Crippen molar-refractivity contribution in [2.45, 2.75) is 25.8 Å². The minimum absolute atomic E-state index is 0.259. The number of aryl methyl sites for hydroxylation is 1. The van der Waals surface area contributed by atoms with E-state index in [2.05, 4.69) is 20.2 Å². The average molecular weight is 336 g/mol. The summed E-state index contributed by atoms with van der Waals surface area (Å²) in [4.78, 5) is 8.82. The molecule has 1 N–H and O–H groups in total. The summed E-state index contributed by atoms with van der Waals surface area (Å²) < 4.78 is 27.5. The quantitative estimate of drug-likeness (QED) is 0.903. The smallest absolute Gasteiger partial charge is 0.282 e. The third-order valence-electron chi connectivity index (χ3n) is 3.94. The van der Waals surface area contributed by atoms with Crippen molar-refractivity contribution >= 4 is 10.2 Å². The fraction of sp³-hybridized carbons (Fsp3) is 0.500. The van der Waals surface area contributed by atoms with E-state index in [9.17, 15) is 8.42 Å². The zero-order chi connectivity index (χ0) is 16.6. The predicted octanol–water partition coefficient (Wildman–Crippen LogP) is 1.12. The minimum Gasteiger partial charge on any atom is -0.282 e. The average Bonchev–Trinajstić information content (AvgIpc) is 3.16. The Kier molecular flexibility index (Phi) is 4.17. The van der Waals surface area contributed by atoms with Crippen molar-refractivity contribution in [2.24, 2.45) is 0 Å². The Morgan fingerprint density at radius 1 is 1.26 bits per heavy atom. The summed E-state index contributed by atoms with van der Waals surface area (Å²) >= 11 is 0. The molecule has 0 bridgehead atoms. The van der Waals surface area contributed by atoms with Gasteiger partial charge in [-0.25, -0.2) is 0 Å². The van der Waals surface area contributed by atoms with E-state index >= 15 is 0 Å². The van der Waals surface area contributed by atoms with Crippen LogP contribution in [0.25, 0.3) is 11.4 Å². The van der Waals surface area contributed by atoms with Crippen molar-refractivity contribution in [1.82, 2.24) is 28.8 Å². The second-order valence-electron chi connectivity index (χ2n) is 5.82. The first-order valence-corrected chi connectivity index (χ1v) is 8.83. The molecule has 2 aromatic rings. The molecule has 1 aliphatic heterocycles. The van der Waals surface area contributed by atoms with Gasteiger partial charge < -0.3 is 0 Å². The standard InChI is InChI=1S/C14H20N6O2S/c1-10-7-11(18-17-10)12-8-16-13(9-15-12)14-5-4-6-20(14)23(21,22)19(2)3/h7-9,14H,4-6H2,1-3H3,(H,17,18)/t14-/m0/s1. The van der Waals surface area contributed by atoms with Gasteiger partial charge >= 0.3 is 0 Å². The van der Waals surface area contributed by atoms with Gasteiger partial charge in [0.2, 0.25) is 0 Å². The third-order valence-corrected chi connectivity index (χ3v) is 5.90. The normalized spacial score (nSPS) is 19.6. The lowest BCUT2D eigenvalue weighted by Gasteiger charge is -2.26. The highest BCUT2D eigenvalue weighted by atomic mass is 32.2. The largest absolute Gasteiger partial charge is 0.282 e. The van der Waals surface area contributed by atoms with E-state index in [4.69, 9.17) is 0 Å². The van der Waals surface area contributed by atoms with Gasteiger partial charge in [0.15, 0.2) is 0 Å². The van der Waals surface area contributed by atoms with Crippen LogP contribution in [0.1, 0.15) is 30.3 Å². The third kappa shape index (κ3) is 2.99. The molecule has 0 aromatic carbocycles. The van der Waals surface area contributed by atoms with Crippen LogP contribution >= 0.6 is 0 Å². The molecule has 0 amide bonds. The molecule has 0 unspecified atom stereocenters. The van der Waals surface area contributed by atoms with Crippen LogP contribution in [0.2, 0.25) is 0 Å². The van der Waals surface area contributed by atoms with E-state index < -0.39 is 10.2 Å². The van der Waals surface area contributed by atoms with Gasteiger partial charge in [-0.05, 0) is 25.8 Å². The van der Waals surface area contributed by atoms with Crippen molar-refractivity contribution in [2.75, 3.05) is 20.6 Å².